The van der Waals surface area contributed by atoms with Gasteiger partial charge >= 0.3 is 7.60 Å². The van der Waals surface area contributed by atoms with Gasteiger partial charge in [-0.05, 0) is 13.0 Å². The van der Waals surface area contributed by atoms with Crippen LogP contribution in [-0.2, 0) is 11.1 Å². The van der Waals surface area contributed by atoms with Gasteiger partial charge < -0.3 is 9.79 Å². The van der Waals surface area contributed by atoms with E-state index >= 15 is 0 Å². The maximum atomic E-state index is 10.9. The van der Waals surface area contributed by atoms with Gasteiger partial charge in [-0.1, -0.05) is 0 Å². The van der Waals surface area contributed by atoms with Gasteiger partial charge in [0.2, 0.25) is 0 Å². The Morgan fingerprint density at radius 2 is 2.17 bits per heavy atom. The van der Waals surface area contributed by atoms with Gasteiger partial charge in [-0.25, -0.2) is 4.57 Å². The minimum Gasteiger partial charge on any atom is -0.317 e. The van der Waals surface area contributed by atoms with E-state index < -0.39 is 7.60 Å². The van der Waals surface area contributed by atoms with Crippen molar-refractivity contribution in [3.05, 3.63) is 24.4 Å². The first-order chi connectivity index (χ1) is 5.55. The number of hydrogen-bond acceptors (Lipinski definition) is 1. The Labute approximate surface area is 70.6 Å². The van der Waals surface area contributed by atoms with Gasteiger partial charge in [0.05, 0.1) is 0 Å². The number of rotatable bonds is 2. The molecule has 0 saturated heterocycles. The Hall–Kier alpha value is -0.700. The zero-order valence-corrected chi connectivity index (χ0v) is 7.61. The lowest BCUT2D eigenvalue weighted by Gasteiger charge is -2.01. The molecule has 2 N–H and O–H groups in total. The lowest BCUT2D eigenvalue weighted by atomic mass is 10.5. The first kappa shape index (κ1) is 9.39. The molecule has 0 saturated carbocycles. The van der Waals surface area contributed by atoms with Gasteiger partial charge in [0.1, 0.15) is 6.54 Å². The van der Waals surface area contributed by atoms with Crippen molar-refractivity contribution < 1.29 is 18.9 Å². The molecule has 0 amide bonds. The second-order valence-corrected chi connectivity index (χ2v) is 3.94. The summed E-state index contributed by atoms with van der Waals surface area (Å²) in [5, 5.41) is 0. The highest BCUT2D eigenvalue weighted by atomic mass is 31.2. The van der Waals surface area contributed by atoms with Crippen molar-refractivity contribution in [2.24, 2.45) is 0 Å². The minimum absolute atomic E-state index is 0.0625. The molecule has 1 aromatic rings. The second-order valence-electron chi connectivity index (χ2n) is 2.39. The summed E-state index contributed by atoms with van der Waals surface area (Å²) in [4.78, 5) is 17.8. The summed E-state index contributed by atoms with van der Waals surface area (Å²) in [5.41, 5.74) is 0.0625. The van der Waals surface area contributed by atoms with Crippen LogP contribution in [0.25, 0.3) is 0 Å². The Bertz CT molecular complexity index is 320. The van der Waals surface area contributed by atoms with Crippen molar-refractivity contribution in [2.75, 3.05) is 0 Å². The Morgan fingerprint density at radius 1 is 1.50 bits per heavy atom. The Morgan fingerprint density at radius 3 is 2.58 bits per heavy atom. The zero-order valence-electron chi connectivity index (χ0n) is 6.71. The molecule has 1 heterocycles. The molecule has 0 radical (unpaired) electrons. The second kappa shape index (κ2) is 3.35. The third kappa shape index (κ3) is 1.91. The van der Waals surface area contributed by atoms with E-state index in [0.717, 1.165) is 0 Å². The number of aromatic nitrogens is 1. The molecule has 0 aromatic carbocycles. The highest BCUT2D eigenvalue weighted by Crippen LogP contribution is 2.30. The van der Waals surface area contributed by atoms with Crippen LogP contribution in [0.4, 0.5) is 0 Å². The standard InChI is InChI=1S/C7H10NO3P/c1-2-8-6-4-3-5-7(8)12(9,10)11/h3-6H,2H2,1H3,(H-,9,10,11)/p+1. The van der Waals surface area contributed by atoms with Crippen LogP contribution in [0.15, 0.2) is 24.4 Å². The molecule has 0 bridgehead atoms. The SMILES string of the molecule is CC[n+]1ccccc1P(=O)(O)O. The van der Waals surface area contributed by atoms with E-state index in [1.165, 1.54) is 10.6 Å². The lowest BCUT2D eigenvalue weighted by Crippen LogP contribution is -2.47. The minimum atomic E-state index is -4.11. The average Bonchev–Trinajstić information content (AvgIpc) is 2.03. The first-order valence-electron chi connectivity index (χ1n) is 3.60. The van der Waals surface area contributed by atoms with Gasteiger partial charge in [-0.2, -0.15) is 4.57 Å². The summed E-state index contributed by atoms with van der Waals surface area (Å²) in [6.45, 7) is 2.39. The van der Waals surface area contributed by atoms with Crippen LogP contribution < -0.4 is 10.0 Å². The molecule has 0 fully saturated rings. The van der Waals surface area contributed by atoms with Gasteiger partial charge in [-0.3, -0.25) is 0 Å². The van der Waals surface area contributed by atoms with Crippen LogP contribution in [0.5, 0.6) is 0 Å². The van der Waals surface area contributed by atoms with Crippen LogP contribution in [-0.4, -0.2) is 9.79 Å². The average molecular weight is 188 g/mol. The molecule has 12 heavy (non-hydrogen) atoms. The smallest absolute Gasteiger partial charge is 0.317 e. The molecule has 4 nitrogen and oxygen atoms in total. The molecule has 66 valence electrons. The molecular weight excluding hydrogens is 177 g/mol. The zero-order chi connectivity index (χ0) is 9.19. The maximum Gasteiger partial charge on any atom is 0.419 e. The van der Waals surface area contributed by atoms with Gasteiger partial charge in [0.15, 0.2) is 6.20 Å². The molecule has 5 heteroatoms. The first-order valence-corrected chi connectivity index (χ1v) is 5.21. The largest absolute Gasteiger partial charge is 0.419 e. The third-order valence-corrected chi connectivity index (χ3v) is 2.56. The number of hydrogen-bond donors (Lipinski definition) is 2. The summed E-state index contributed by atoms with van der Waals surface area (Å²) in [6.07, 6.45) is 1.65. The van der Waals surface area contributed by atoms with E-state index in [9.17, 15) is 4.57 Å². The number of nitrogens with zero attached hydrogens (tertiary/aromatic N) is 1. The van der Waals surface area contributed by atoms with Crippen molar-refractivity contribution in [3.63, 3.8) is 0 Å². The van der Waals surface area contributed by atoms with E-state index in [1.54, 1.807) is 18.3 Å². The van der Waals surface area contributed by atoms with E-state index in [4.69, 9.17) is 9.79 Å². The van der Waals surface area contributed by atoms with Gasteiger partial charge in [0, 0.05) is 12.1 Å². The monoisotopic (exact) mass is 188 g/mol. The summed E-state index contributed by atoms with van der Waals surface area (Å²) < 4.78 is 12.4. The van der Waals surface area contributed by atoms with Crippen molar-refractivity contribution in [1.29, 1.82) is 0 Å². The van der Waals surface area contributed by atoms with E-state index in [0.29, 0.717) is 6.54 Å². The summed E-state index contributed by atoms with van der Waals surface area (Å²) >= 11 is 0. The summed E-state index contributed by atoms with van der Waals surface area (Å²) in [5.74, 6) is 0. The fourth-order valence-electron chi connectivity index (χ4n) is 0.999. The molecule has 1 rings (SSSR count). The van der Waals surface area contributed by atoms with E-state index in [2.05, 4.69) is 0 Å². The summed E-state index contributed by atoms with van der Waals surface area (Å²) in [6, 6.07) is 4.79. The van der Waals surface area contributed by atoms with Gasteiger partial charge in [-0.15, -0.1) is 0 Å². The highest BCUT2D eigenvalue weighted by molar-refractivity contribution is 7.59. The van der Waals surface area contributed by atoms with Gasteiger partial charge in [0.25, 0.3) is 5.44 Å². The molecule has 0 spiro atoms. The molecule has 0 aliphatic heterocycles. The lowest BCUT2D eigenvalue weighted by molar-refractivity contribution is -0.676. The number of aryl methyl sites for hydroxylation is 1. The van der Waals surface area contributed by atoms with Crippen molar-refractivity contribution in [2.45, 2.75) is 13.5 Å². The molecule has 0 aliphatic carbocycles. The van der Waals surface area contributed by atoms with E-state index in [1.807, 2.05) is 6.92 Å². The summed E-state index contributed by atoms with van der Waals surface area (Å²) in [7, 11) is -4.11. The van der Waals surface area contributed by atoms with E-state index in [-0.39, 0.29) is 5.44 Å². The Balaban J connectivity index is 3.23. The van der Waals surface area contributed by atoms with Crippen molar-refractivity contribution >= 4 is 13.0 Å². The molecular formula is C7H11NO3P+. The predicted octanol–water partition coefficient (Wildman–Crippen LogP) is -0.203. The normalized spacial score (nSPS) is 11.6. The van der Waals surface area contributed by atoms with Crippen molar-refractivity contribution in [3.8, 4) is 0 Å². The fraction of sp³-hybridized carbons (Fsp3) is 0.286. The molecule has 0 unspecified atom stereocenters. The van der Waals surface area contributed by atoms with Crippen LogP contribution >= 0.6 is 7.60 Å². The highest BCUT2D eigenvalue weighted by Gasteiger charge is 2.27. The fourth-order valence-corrected chi connectivity index (χ4v) is 1.82. The van der Waals surface area contributed by atoms with Crippen molar-refractivity contribution in [1.82, 2.24) is 0 Å². The molecule has 0 aliphatic rings. The third-order valence-electron chi connectivity index (χ3n) is 1.56. The topological polar surface area (TPSA) is 61.4 Å². The van der Waals surface area contributed by atoms with Crippen LogP contribution in [0.3, 0.4) is 0 Å². The Kier molecular flexibility index (Phi) is 2.62. The quantitative estimate of drug-likeness (QED) is 0.499. The predicted molar refractivity (Wildman–Crippen MR) is 44.0 cm³/mol. The van der Waals surface area contributed by atoms with Crippen LogP contribution in [0, 0.1) is 0 Å². The maximum absolute atomic E-state index is 10.9. The molecule has 0 atom stereocenters. The molecule has 1 aromatic heterocycles. The van der Waals surface area contributed by atoms with Crippen LogP contribution in [0.1, 0.15) is 6.92 Å². The van der Waals surface area contributed by atoms with Crippen LogP contribution in [0.2, 0.25) is 0 Å². The number of pyridine rings is 1.